The second-order valence-electron chi connectivity index (χ2n) is 4.71. The zero-order valence-electron chi connectivity index (χ0n) is 11.2. The van der Waals surface area contributed by atoms with E-state index in [9.17, 15) is 0 Å². The first-order valence-electron chi connectivity index (χ1n) is 5.96. The van der Waals surface area contributed by atoms with Crippen LogP contribution in [0.1, 0.15) is 6.92 Å². The average Bonchev–Trinajstić information content (AvgIpc) is 2.65. The number of benzene rings is 1. The molecule has 5 heteroatoms. The molecule has 1 atom stereocenters. The van der Waals surface area contributed by atoms with Gasteiger partial charge < -0.3 is 19.2 Å². The fraction of sp³-hybridized carbons (Fsp3) is 0.462. The molecule has 0 radical (unpaired) electrons. The maximum Gasteiger partial charge on any atom is 0.178 e. The molecule has 4 nitrogen and oxygen atoms in total. The van der Waals surface area contributed by atoms with Gasteiger partial charge in [-0.2, -0.15) is 0 Å². The molecule has 0 bridgehead atoms. The van der Waals surface area contributed by atoms with Crippen molar-refractivity contribution in [2.45, 2.75) is 19.5 Å². The first-order chi connectivity index (χ1) is 8.54. The number of aromatic amines is 1. The lowest BCUT2D eigenvalue weighted by atomic mass is 10.2. The monoisotopic (exact) mass is 265 g/mol. The van der Waals surface area contributed by atoms with Crippen LogP contribution in [0.3, 0.4) is 0 Å². The third-order valence-corrected chi connectivity index (χ3v) is 3.64. The van der Waals surface area contributed by atoms with Gasteiger partial charge in [0.15, 0.2) is 4.77 Å². The number of rotatable bonds is 4. The number of likely N-dealkylation sites (N-methyl/N-ethyl adjacent to an activating group) is 1. The van der Waals surface area contributed by atoms with Crippen LogP contribution in [-0.2, 0) is 6.54 Å². The topological polar surface area (TPSA) is 33.2 Å². The quantitative estimate of drug-likeness (QED) is 0.863. The first kappa shape index (κ1) is 13.1. The molecule has 1 N–H and O–H groups in total. The van der Waals surface area contributed by atoms with E-state index in [1.165, 1.54) is 0 Å². The van der Waals surface area contributed by atoms with Gasteiger partial charge in [0.25, 0.3) is 0 Å². The summed E-state index contributed by atoms with van der Waals surface area (Å²) in [6, 6.07) is 6.40. The predicted molar refractivity (Wildman–Crippen MR) is 76.8 cm³/mol. The van der Waals surface area contributed by atoms with Gasteiger partial charge in [-0.3, -0.25) is 0 Å². The summed E-state index contributed by atoms with van der Waals surface area (Å²) in [4.78, 5) is 5.41. The Bertz CT molecular complexity index is 600. The number of imidazole rings is 1. The Balaban J connectivity index is 2.51. The Morgan fingerprint density at radius 2 is 2.17 bits per heavy atom. The van der Waals surface area contributed by atoms with E-state index in [1.54, 1.807) is 7.11 Å². The second kappa shape index (κ2) is 5.12. The van der Waals surface area contributed by atoms with E-state index in [-0.39, 0.29) is 0 Å². The number of ether oxygens (including phenoxy) is 1. The predicted octanol–water partition coefficient (Wildman–Crippen LogP) is 2.66. The number of hydrogen-bond acceptors (Lipinski definition) is 3. The van der Waals surface area contributed by atoms with Crippen molar-refractivity contribution in [1.82, 2.24) is 14.5 Å². The molecule has 98 valence electrons. The normalized spacial score (nSPS) is 13.2. The summed E-state index contributed by atoms with van der Waals surface area (Å²) >= 11 is 5.40. The van der Waals surface area contributed by atoms with Crippen LogP contribution >= 0.6 is 12.2 Å². The Labute approximate surface area is 112 Å². The molecule has 1 heterocycles. The number of hydrogen-bond donors (Lipinski definition) is 1. The Hall–Kier alpha value is -1.33. The summed E-state index contributed by atoms with van der Waals surface area (Å²) in [5, 5.41) is 0. The van der Waals surface area contributed by atoms with Gasteiger partial charge in [-0.1, -0.05) is 6.07 Å². The van der Waals surface area contributed by atoms with Crippen LogP contribution in [0, 0.1) is 4.77 Å². The molecule has 0 fully saturated rings. The summed E-state index contributed by atoms with van der Waals surface area (Å²) < 4.78 is 8.21. The minimum Gasteiger partial charge on any atom is -0.494 e. The lowest BCUT2D eigenvalue weighted by Crippen LogP contribution is -2.29. The van der Waals surface area contributed by atoms with Gasteiger partial charge in [-0.15, -0.1) is 0 Å². The Morgan fingerprint density at radius 3 is 2.78 bits per heavy atom. The number of aromatic nitrogens is 2. The molecule has 0 aliphatic rings. The highest BCUT2D eigenvalue weighted by Crippen LogP contribution is 2.24. The highest BCUT2D eigenvalue weighted by Gasteiger charge is 2.12. The maximum absolute atomic E-state index is 5.40. The average molecular weight is 265 g/mol. The highest BCUT2D eigenvalue weighted by atomic mass is 32.1. The molecule has 2 rings (SSSR count). The maximum atomic E-state index is 5.40. The van der Waals surface area contributed by atoms with Crippen molar-refractivity contribution in [3.05, 3.63) is 23.0 Å². The van der Waals surface area contributed by atoms with E-state index < -0.39 is 0 Å². The van der Waals surface area contributed by atoms with Crippen molar-refractivity contribution in [2.75, 3.05) is 21.2 Å². The molecule has 1 aromatic heterocycles. The number of nitrogens with one attached hydrogen (secondary N) is 1. The molecular weight excluding hydrogens is 246 g/mol. The van der Waals surface area contributed by atoms with Crippen LogP contribution in [0.5, 0.6) is 5.75 Å². The minimum absolute atomic E-state index is 0.418. The van der Waals surface area contributed by atoms with Gasteiger partial charge in [0.2, 0.25) is 0 Å². The first-order valence-corrected chi connectivity index (χ1v) is 6.37. The van der Waals surface area contributed by atoms with Crippen LogP contribution in [0.4, 0.5) is 0 Å². The standard InChI is InChI=1S/C13H19N3OS/c1-9(15(2)3)8-16-10-6-5-7-11(17-4)12(10)14-13(16)18/h5-7,9H,8H2,1-4H3,(H,14,18). The Morgan fingerprint density at radius 1 is 1.44 bits per heavy atom. The van der Waals surface area contributed by atoms with Gasteiger partial charge in [-0.05, 0) is 45.4 Å². The molecule has 1 unspecified atom stereocenters. The second-order valence-corrected chi connectivity index (χ2v) is 5.09. The molecule has 0 spiro atoms. The van der Waals surface area contributed by atoms with Crippen molar-refractivity contribution in [2.24, 2.45) is 0 Å². The minimum atomic E-state index is 0.418. The summed E-state index contributed by atoms with van der Waals surface area (Å²) in [7, 11) is 5.82. The van der Waals surface area contributed by atoms with Gasteiger partial charge in [-0.25, -0.2) is 0 Å². The van der Waals surface area contributed by atoms with E-state index in [0.717, 1.165) is 28.1 Å². The third kappa shape index (κ3) is 2.28. The SMILES string of the molecule is COc1cccc2c1[nH]c(=S)n2CC(C)N(C)C. The van der Waals surface area contributed by atoms with Crippen LogP contribution in [0.25, 0.3) is 11.0 Å². The molecule has 0 amide bonds. The lowest BCUT2D eigenvalue weighted by Gasteiger charge is -2.20. The van der Waals surface area contributed by atoms with Crippen molar-refractivity contribution >= 4 is 23.3 Å². The fourth-order valence-electron chi connectivity index (χ4n) is 1.93. The molecule has 18 heavy (non-hydrogen) atoms. The smallest absolute Gasteiger partial charge is 0.178 e. The number of methoxy groups -OCH3 is 1. The summed E-state index contributed by atoms with van der Waals surface area (Å²) in [6.07, 6.45) is 0. The van der Waals surface area contributed by atoms with Gasteiger partial charge in [0, 0.05) is 12.6 Å². The van der Waals surface area contributed by atoms with Crippen LogP contribution in [0.15, 0.2) is 18.2 Å². The zero-order chi connectivity index (χ0) is 13.3. The summed E-state index contributed by atoms with van der Waals surface area (Å²) in [5.74, 6) is 0.829. The number of H-pyrrole nitrogens is 1. The largest absolute Gasteiger partial charge is 0.494 e. The van der Waals surface area contributed by atoms with Crippen LogP contribution < -0.4 is 4.74 Å². The van der Waals surface area contributed by atoms with E-state index in [1.807, 2.05) is 12.1 Å². The molecule has 0 aliphatic carbocycles. The third-order valence-electron chi connectivity index (χ3n) is 3.32. The zero-order valence-corrected chi connectivity index (χ0v) is 12.0. The molecular formula is C13H19N3OS. The fourth-order valence-corrected chi connectivity index (χ4v) is 2.21. The van der Waals surface area contributed by atoms with Crippen molar-refractivity contribution < 1.29 is 4.74 Å². The molecule has 0 aliphatic heterocycles. The molecule has 1 aromatic carbocycles. The van der Waals surface area contributed by atoms with Gasteiger partial charge >= 0.3 is 0 Å². The highest BCUT2D eigenvalue weighted by molar-refractivity contribution is 7.71. The van der Waals surface area contributed by atoms with Crippen molar-refractivity contribution in [3.8, 4) is 5.75 Å². The van der Waals surface area contributed by atoms with Crippen molar-refractivity contribution in [1.29, 1.82) is 0 Å². The molecule has 2 aromatic rings. The van der Waals surface area contributed by atoms with E-state index >= 15 is 0 Å². The number of para-hydroxylation sites is 1. The Kier molecular flexibility index (Phi) is 3.73. The van der Waals surface area contributed by atoms with Crippen LogP contribution in [0.2, 0.25) is 0 Å². The lowest BCUT2D eigenvalue weighted by molar-refractivity contribution is 0.285. The van der Waals surface area contributed by atoms with E-state index in [4.69, 9.17) is 17.0 Å². The summed E-state index contributed by atoms with van der Waals surface area (Å²) in [5.41, 5.74) is 2.06. The van der Waals surface area contributed by atoms with Gasteiger partial charge in [0.05, 0.1) is 12.6 Å². The molecule has 0 saturated carbocycles. The number of nitrogens with zero attached hydrogens (tertiary/aromatic N) is 2. The van der Waals surface area contributed by atoms with E-state index in [2.05, 4.69) is 41.5 Å². The van der Waals surface area contributed by atoms with E-state index in [0.29, 0.717) is 6.04 Å². The van der Waals surface area contributed by atoms with Gasteiger partial charge in [0.1, 0.15) is 11.3 Å². The molecule has 0 saturated heterocycles. The van der Waals surface area contributed by atoms with Crippen molar-refractivity contribution in [3.63, 3.8) is 0 Å². The summed E-state index contributed by atoms with van der Waals surface area (Å²) in [6.45, 7) is 3.04. The number of fused-ring (bicyclic) bond motifs is 1. The van der Waals surface area contributed by atoms with Crippen LogP contribution in [-0.4, -0.2) is 41.7 Å².